The Morgan fingerprint density at radius 2 is 2.50 bits per heavy atom. The highest BCUT2D eigenvalue weighted by atomic mass is 35.5. The van der Waals surface area contributed by atoms with Crippen LogP contribution in [-0.4, -0.2) is 23.8 Å². The summed E-state index contributed by atoms with van der Waals surface area (Å²) in [5.74, 6) is 0.400. The molecule has 0 fully saturated rings. The molecule has 1 aliphatic heterocycles. The summed E-state index contributed by atoms with van der Waals surface area (Å²) in [6.45, 7) is 3.77. The van der Waals surface area contributed by atoms with Crippen LogP contribution in [0.1, 0.15) is 13.8 Å². The van der Waals surface area contributed by atoms with Crippen molar-refractivity contribution in [3.63, 3.8) is 0 Å². The van der Waals surface area contributed by atoms with Crippen molar-refractivity contribution < 1.29 is 9.09 Å². The minimum atomic E-state index is -2.43. The molecular weight excluding hydrogens is 195 g/mol. The Balaban J connectivity index is 2.56. The molecule has 0 N–H and O–H groups in total. The van der Waals surface area contributed by atoms with E-state index in [1.165, 1.54) is 0 Å². The average Bonchev–Trinajstić information content (AvgIpc) is 2.32. The van der Waals surface area contributed by atoms with E-state index in [0.29, 0.717) is 12.0 Å². The first-order valence-electron chi connectivity index (χ1n) is 4.08. The number of hydrogen-bond acceptors (Lipinski definition) is 2. The van der Waals surface area contributed by atoms with E-state index in [1.807, 2.05) is 26.0 Å². The summed E-state index contributed by atoms with van der Waals surface area (Å²) in [7, 11) is -2.43. The van der Waals surface area contributed by atoms with E-state index in [-0.39, 0.29) is 11.8 Å². The second kappa shape index (κ2) is 3.95. The molecule has 70 valence electrons. The number of allylic oxidation sites excluding steroid dienone is 2. The van der Waals surface area contributed by atoms with Crippen molar-refractivity contribution in [1.82, 2.24) is 0 Å². The Hall–Kier alpha value is 0.220. The maximum absolute atomic E-state index is 12.0. The van der Waals surface area contributed by atoms with E-state index in [4.69, 9.17) is 16.1 Å². The lowest BCUT2D eigenvalue weighted by Crippen LogP contribution is -2.11. The predicted octanol–water partition coefficient (Wildman–Crippen LogP) is 2.87. The van der Waals surface area contributed by atoms with Gasteiger partial charge in [0.2, 0.25) is 7.37 Å². The van der Waals surface area contributed by atoms with E-state index in [1.54, 1.807) is 0 Å². The molecular formula is C8H14ClO2P. The van der Waals surface area contributed by atoms with Crippen LogP contribution >= 0.6 is 19.0 Å². The molecule has 1 rings (SSSR count). The van der Waals surface area contributed by atoms with Crippen LogP contribution in [0.4, 0.5) is 0 Å². The van der Waals surface area contributed by atoms with Crippen molar-refractivity contribution in [3.05, 3.63) is 12.2 Å². The van der Waals surface area contributed by atoms with Gasteiger partial charge in [-0.3, -0.25) is 4.57 Å². The molecule has 0 radical (unpaired) electrons. The Kier molecular flexibility index (Phi) is 3.39. The smallest absolute Gasteiger partial charge is 0.213 e. The van der Waals surface area contributed by atoms with Crippen molar-refractivity contribution in [3.8, 4) is 0 Å². The molecule has 0 saturated heterocycles. The molecule has 0 aromatic rings. The highest BCUT2D eigenvalue weighted by molar-refractivity contribution is 7.60. The number of rotatable bonds is 3. The molecule has 12 heavy (non-hydrogen) atoms. The lowest BCUT2D eigenvalue weighted by Gasteiger charge is -2.20. The standard InChI is InChI=1S/C8H14ClO2P/c1-7(6-9)11-12(10)5-3-4-8(12)2/h3-4,7-8H,5-6H2,1-2H3. The van der Waals surface area contributed by atoms with E-state index in [9.17, 15) is 4.57 Å². The van der Waals surface area contributed by atoms with Gasteiger partial charge >= 0.3 is 0 Å². The molecule has 0 bridgehead atoms. The van der Waals surface area contributed by atoms with Crippen LogP contribution in [0.5, 0.6) is 0 Å². The molecule has 3 unspecified atom stereocenters. The summed E-state index contributed by atoms with van der Waals surface area (Å²) in [5, 5.41) is 0. The van der Waals surface area contributed by atoms with Crippen LogP contribution in [0.15, 0.2) is 12.2 Å². The van der Waals surface area contributed by atoms with Gasteiger partial charge in [-0.15, -0.1) is 11.6 Å². The average molecular weight is 209 g/mol. The summed E-state index contributed by atoms with van der Waals surface area (Å²) < 4.78 is 17.4. The van der Waals surface area contributed by atoms with Crippen LogP contribution in [0.3, 0.4) is 0 Å². The third-order valence-corrected chi connectivity index (χ3v) is 5.25. The summed E-state index contributed by atoms with van der Waals surface area (Å²) in [6, 6.07) is 0. The first-order valence-corrected chi connectivity index (χ1v) is 6.49. The van der Waals surface area contributed by atoms with Crippen molar-refractivity contribution in [1.29, 1.82) is 0 Å². The minimum Gasteiger partial charge on any atom is -0.324 e. The lowest BCUT2D eigenvalue weighted by atomic mass is 10.4. The molecule has 2 nitrogen and oxygen atoms in total. The minimum absolute atomic E-state index is 0.0585. The Bertz CT molecular complexity index is 227. The molecule has 0 saturated carbocycles. The molecule has 0 amide bonds. The maximum atomic E-state index is 12.0. The van der Waals surface area contributed by atoms with Gasteiger partial charge in [0.15, 0.2) is 0 Å². The zero-order valence-electron chi connectivity index (χ0n) is 7.37. The number of hydrogen-bond donors (Lipinski definition) is 0. The van der Waals surface area contributed by atoms with Gasteiger partial charge in [-0.25, -0.2) is 0 Å². The topological polar surface area (TPSA) is 26.3 Å². The third kappa shape index (κ3) is 2.12. The first kappa shape index (κ1) is 10.3. The quantitative estimate of drug-likeness (QED) is 0.405. The fraction of sp³-hybridized carbons (Fsp3) is 0.750. The highest BCUT2D eigenvalue weighted by Crippen LogP contribution is 2.56. The van der Waals surface area contributed by atoms with E-state index in [0.717, 1.165) is 0 Å². The molecule has 3 atom stereocenters. The van der Waals surface area contributed by atoms with Gasteiger partial charge in [0, 0.05) is 12.0 Å². The predicted molar refractivity (Wildman–Crippen MR) is 52.3 cm³/mol. The van der Waals surface area contributed by atoms with Crippen LogP contribution in [-0.2, 0) is 9.09 Å². The monoisotopic (exact) mass is 208 g/mol. The Labute approximate surface area is 78.4 Å². The normalized spacial score (nSPS) is 37.1. The SMILES string of the molecule is CC(CCl)OP1(=O)CC=CC1C. The summed E-state index contributed by atoms with van der Waals surface area (Å²) >= 11 is 5.57. The van der Waals surface area contributed by atoms with E-state index < -0.39 is 7.37 Å². The lowest BCUT2D eigenvalue weighted by molar-refractivity contribution is 0.246. The van der Waals surface area contributed by atoms with Crippen molar-refractivity contribution in [2.45, 2.75) is 25.6 Å². The molecule has 0 aromatic carbocycles. The second-order valence-electron chi connectivity index (χ2n) is 3.15. The fourth-order valence-electron chi connectivity index (χ4n) is 1.17. The van der Waals surface area contributed by atoms with Gasteiger partial charge < -0.3 is 4.52 Å². The van der Waals surface area contributed by atoms with Gasteiger partial charge in [0.25, 0.3) is 0 Å². The zero-order valence-corrected chi connectivity index (χ0v) is 9.02. The molecule has 0 aliphatic carbocycles. The van der Waals surface area contributed by atoms with Crippen LogP contribution < -0.4 is 0 Å². The Morgan fingerprint density at radius 3 is 2.92 bits per heavy atom. The highest BCUT2D eigenvalue weighted by Gasteiger charge is 2.33. The maximum Gasteiger partial charge on any atom is 0.213 e. The van der Waals surface area contributed by atoms with Gasteiger partial charge in [-0.05, 0) is 13.8 Å². The van der Waals surface area contributed by atoms with Crippen LogP contribution in [0.2, 0.25) is 0 Å². The van der Waals surface area contributed by atoms with Crippen LogP contribution in [0.25, 0.3) is 0 Å². The molecule has 1 aliphatic rings. The van der Waals surface area contributed by atoms with Gasteiger partial charge in [0.1, 0.15) is 0 Å². The van der Waals surface area contributed by atoms with Gasteiger partial charge in [-0.1, -0.05) is 12.2 Å². The third-order valence-electron chi connectivity index (χ3n) is 1.97. The summed E-state index contributed by atoms with van der Waals surface area (Å²) in [5.41, 5.74) is 0.0585. The van der Waals surface area contributed by atoms with Gasteiger partial charge in [-0.2, -0.15) is 0 Å². The molecule has 1 heterocycles. The van der Waals surface area contributed by atoms with Crippen molar-refractivity contribution in [2.75, 3.05) is 12.0 Å². The Morgan fingerprint density at radius 1 is 1.83 bits per heavy atom. The molecule has 4 heteroatoms. The zero-order chi connectivity index (χ0) is 9.19. The summed E-state index contributed by atoms with van der Waals surface area (Å²) in [6.07, 6.45) is 4.32. The summed E-state index contributed by atoms with van der Waals surface area (Å²) in [4.78, 5) is 0. The van der Waals surface area contributed by atoms with Crippen LogP contribution in [0, 0.1) is 0 Å². The first-order chi connectivity index (χ1) is 5.58. The van der Waals surface area contributed by atoms with Crippen molar-refractivity contribution in [2.24, 2.45) is 0 Å². The van der Waals surface area contributed by atoms with E-state index in [2.05, 4.69) is 0 Å². The largest absolute Gasteiger partial charge is 0.324 e. The van der Waals surface area contributed by atoms with E-state index >= 15 is 0 Å². The number of halogens is 1. The number of alkyl halides is 1. The molecule has 0 aromatic heterocycles. The second-order valence-corrected chi connectivity index (χ2v) is 6.30. The molecule has 0 spiro atoms. The van der Waals surface area contributed by atoms with Crippen molar-refractivity contribution >= 4 is 19.0 Å². The van der Waals surface area contributed by atoms with Gasteiger partial charge in [0.05, 0.1) is 11.8 Å². The fourth-order valence-corrected chi connectivity index (χ4v) is 3.42.